The lowest BCUT2D eigenvalue weighted by Crippen LogP contribution is -1.97. The van der Waals surface area contributed by atoms with Crippen LogP contribution in [-0.4, -0.2) is 9.85 Å². The van der Waals surface area contributed by atoms with E-state index in [1.54, 1.807) is 31.2 Å². The fourth-order valence-corrected chi connectivity index (χ4v) is 2.82. The summed E-state index contributed by atoms with van der Waals surface area (Å²) in [5.41, 5.74) is -0.0860. The van der Waals surface area contributed by atoms with Crippen molar-refractivity contribution < 1.29 is 9.85 Å². The summed E-state index contributed by atoms with van der Waals surface area (Å²) in [4.78, 5) is 21.8. The maximum absolute atomic E-state index is 11.1. The van der Waals surface area contributed by atoms with Gasteiger partial charge in [-0.15, -0.1) is 0 Å². The first-order valence-corrected chi connectivity index (χ1v) is 6.95. The zero-order valence-corrected chi connectivity index (χ0v) is 12.4. The molecule has 0 aliphatic carbocycles. The first kappa shape index (κ1) is 15.3. The molecule has 0 saturated heterocycles. The molecule has 2 aromatic rings. The van der Waals surface area contributed by atoms with Crippen molar-refractivity contribution >= 4 is 34.7 Å². The molecule has 0 N–H and O–H groups in total. The van der Waals surface area contributed by atoms with Crippen LogP contribution >= 0.6 is 23.4 Å². The molecule has 108 valence electrons. The van der Waals surface area contributed by atoms with Gasteiger partial charge in [-0.05, 0) is 36.8 Å². The normalized spacial score (nSPS) is 10.4. The van der Waals surface area contributed by atoms with Gasteiger partial charge in [0.25, 0.3) is 11.4 Å². The van der Waals surface area contributed by atoms with Gasteiger partial charge in [-0.25, -0.2) is 0 Å². The van der Waals surface area contributed by atoms with Gasteiger partial charge < -0.3 is 0 Å². The first-order chi connectivity index (χ1) is 9.88. The van der Waals surface area contributed by atoms with Crippen molar-refractivity contribution in [2.45, 2.75) is 16.7 Å². The summed E-state index contributed by atoms with van der Waals surface area (Å²) in [6.45, 7) is 1.61. The minimum absolute atomic E-state index is 0.276. The number of aryl methyl sites for hydroxylation is 1. The largest absolute Gasteiger partial charge is 0.290 e. The van der Waals surface area contributed by atoms with E-state index in [-0.39, 0.29) is 11.4 Å². The molecule has 0 radical (unpaired) electrons. The standard InChI is InChI=1S/C13H9ClN2O4S/c1-8-6-10(15(17)18)7-12(16(19)20)13(8)21-11-4-2-9(14)3-5-11/h2-7H,1H3. The molecule has 0 heterocycles. The first-order valence-electron chi connectivity index (χ1n) is 5.75. The highest BCUT2D eigenvalue weighted by Gasteiger charge is 2.23. The van der Waals surface area contributed by atoms with Crippen LogP contribution in [0.25, 0.3) is 0 Å². The van der Waals surface area contributed by atoms with Crippen LogP contribution in [0, 0.1) is 27.2 Å². The van der Waals surface area contributed by atoms with Gasteiger partial charge in [0.05, 0.1) is 20.8 Å². The minimum Gasteiger partial charge on any atom is -0.258 e. The van der Waals surface area contributed by atoms with Crippen LogP contribution in [0.2, 0.25) is 5.02 Å². The fraction of sp³-hybridized carbons (Fsp3) is 0.0769. The van der Waals surface area contributed by atoms with E-state index >= 15 is 0 Å². The van der Waals surface area contributed by atoms with Crippen LogP contribution in [0.1, 0.15) is 5.56 Å². The third-order valence-electron chi connectivity index (χ3n) is 2.68. The Morgan fingerprint density at radius 2 is 1.67 bits per heavy atom. The molecule has 8 heteroatoms. The predicted molar refractivity (Wildman–Crippen MR) is 80.1 cm³/mol. The third kappa shape index (κ3) is 3.50. The molecule has 0 bridgehead atoms. The molecule has 0 unspecified atom stereocenters. The molecular weight excluding hydrogens is 316 g/mol. The number of benzene rings is 2. The number of nitro groups is 2. The summed E-state index contributed by atoms with van der Waals surface area (Å²) >= 11 is 6.97. The Hall–Kier alpha value is -2.12. The number of hydrogen-bond acceptors (Lipinski definition) is 5. The zero-order valence-electron chi connectivity index (χ0n) is 10.8. The number of non-ortho nitro benzene ring substituents is 1. The summed E-state index contributed by atoms with van der Waals surface area (Å²) in [5, 5.41) is 22.5. The topological polar surface area (TPSA) is 86.3 Å². The van der Waals surface area contributed by atoms with Crippen molar-refractivity contribution in [3.8, 4) is 0 Å². The highest BCUT2D eigenvalue weighted by atomic mass is 35.5. The highest BCUT2D eigenvalue weighted by Crippen LogP contribution is 2.39. The average molecular weight is 325 g/mol. The molecule has 6 nitrogen and oxygen atoms in total. The van der Waals surface area contributed by atoms with Crippen molar-refractivity contribution in [3.63, 3.8) is 0 Å². The minimum atomic E-state index is -0.642. The molecule has 0 aliphatic rings. The lowest BCUT2D eigenvalue weighted by molar-refractivity contribution is -0.396. The van der Waals surface area contributed by atoms with Crippen molar-refractivity contribution in [1.82, 2.24) is 0 Å². The van der Waals surface area contributed by atoms with Crippen molar-refractivity contribution in [3.05, 3.63) is 67.2 Å². The summed E-state index contributed by atoms with van der Waals surface area (Å²) < 4.78 is 0. The van der Waals surface area contributed by atoms with Crippen LogP contribution in [0.3, 0.4) is 0 Å². The molecule has 2 rings (SSSR count). The Bertz CT molecular complexity index is 719. The van der Waals surface area contributed by atoms with E-state index in [0.717, 1.165) is 11.0 Å². The van der Waals surface area contributed by atoms with Crippen LogP contribution in [0.4, 0.5) is 11.4 Å². The number of halogens is 1. The molecule has 0 amide bonds. The number of nitro benzene ring substituents is 2. The van der Waals surface area contributed by atoms with Crippen LogP contribution in [0.5, 0.6) is 0 Å². The average Bonchev–Trinajstić information content (AvgIpc) is 2.42. The van der Waals surface area contributed by atoms with Gasteiger partial charge in [-0.2, -0.15) is 0 Å². The van der Waals surface area contributed by atoms with Crippen molar-refractivity contribution in [2.75, 3.05) is 0 Å². The van der Waals surface area contributed by atoms with E-state index in [4.69, 9.17) is 11.6 Å². The van der Waals surface area contributed by atoms with Gasteiger partial charge >= 0.3 is 0 Å². The van der Waals surface area contributed by atoms with Crippen molar-refractivity contribution in [1.29, 1.82) is 0 Å². The van der Waals surface area contributed by atoms with Gasteiger partial charge in [-0.1, -0.05) is 23.4 Å². The van der Waals surface area contributed by atoms with E-state index < -0.39 is 9.85 Å². The van der Waals surface area contributed by atoms with Crippen LogP contribution in [0.15, 0.2) is 46.2 Å². The lowest BCUT2D eigenvalue weighted by atomic mass is 10.2. The van der Waals surface area contributed by atoms with Gasteiger partial charge in [-0.3, -0.25) is 20.2 Å². The monoisotopic (exact) mass is 324 g/mol. The Balaban J connectivity index is 2.49. The highest BCUT2D eigenvalue weighted by molar-refractivity contribution is 7.99. The predicted octanol–water partition coefficient (Wildman–Crippen LogP) is 4.62. The molecule has 0 saturated carbocycles. The second-order valence-electron chi connectivity index (χ2n) is 4.18. The Kier molecular flexibility index (Phi) is 4.44. The third-order valence-corrected chi connectivity index (χ3v) is 4.18. The molecule has 2 aromatic carbocycles. The van der Waals surface area contributed by atoms with E-state index in [1.165, 1.54) is 17.8 Å². The van der Waals surface area contributed by atoms with E-state index in [2.05, 4.69) is 0 Å². The van der Waals surface area contributed by atoms with Gasteiger partial charge in [0.2, 0.25) is 0 Å². The van der Waals surface area contributed by atoms with Gasteiger partial charge in [0.1, 0.15) is 0 Å². The summed E-state index contributed by atoms with van der Waals surface area (Å²) in [6.07, 6.45) is 0. The van der Waals surface area contributed by atoms with E-state index in [1.807, 2.05) is 0 Å². The molecule has 0 aromatic heterocycles. The SMILES string of the molecule is Cc1cc([N+](=O)[O-])cc([N+](=O)[O-])c1Sc1ccc(Cl)cc1. The summed E-state index contributed by atoms with van der Waals surface area (Å²) in [6, 6.07) is 9.12. The Morgan fingerprint density at radius 3 is 2.19 bits per heavy atom. The smallest absolute Gasteiger partial charge is 0.258 e. The Labute approximate surface area is 129 Å². The number of hydrogen-bond donors (Lipinski definition) is 0. The number of nitrogens with zero attached hydrogens (tertiary/aromatic N) is 2. The van der Waals surface area contributed by atoms with E-state index in [0.29, 0.717) is 15.5 Å². The maximum atomic E-state index is 11.1. The summed E-state index contributed by atoms with van der Waals surface area (Å²) in [5.74, 6) is 0. The molecule has 21 heavy (non-hydrogen) atoms. The zero-order chi connectivity index (χ0) is 15.6. The van der Waals surface area contributed by atoms with Crippen molar-refractivity contribution in [2.24, 2.45) is 0 Å². The van der Waals surface area contributed by atoms with Crippen LogP contribution < -0.4 is 0 Å². The Morgan fingerprint density at radius 1 is 1.05 bits per heavy atom. The van der Waals surface area contributed by atoms with E-state index in [9.17, 15) is 20.2 Å². The quantitative estimate of drug-likeness (QED) is 0.605. The number of rotatable bonds is 4. The summed E-state index contributed by atoms with van der Waals surface area (Å²) in [7, 11) is 0. The lowest BCUT2D eigenvalue weighted by Gasteiger charge is -2.07. The molecule has 0 aliphatic heterocycles. The second-order valence-corrected chi connectivity index (χ2v) is 5.70. The molecule has 0 atom stereocenters. The maximum Gasteiger partial charge on any atom is 0.290 e. The van der Waals surface area contributed by atoms with Crippen LogP contribution in [-0.2, 0) is 0 Å². The second kappa shape index (κ2) is 6.11. The van der Waals surface area contributed by atoms with Gasteiger partial charge in [0, 0.05) is 16.0 Å². The fourth-order valence-electron chi connectivity index (χ4n) is 1.73. The molecule has 0 fully saturated rings. The van der Waals surface area contributed by atoms with Gasteiger partial charge in [0.15, 0.2) is 0 Å². The molecule has 0 spiro atoms. The molecular formula is C13H9ClN2O4S.